The SMILES string of the molecule is O=C(NCc1ccco1)c1noc(C(=O)NCc2ccco2)c1-c1ccccc1. The van der Waals surface area contributed by atoms with Crippen LogP contribution in [0.1, 0.15) is 32.6 Å². The molecule has 0 aliphatic rings. The van der Waals surface area contributed by atoms with Crippen LogP contribution in [0.3, 0.4) is 0 Å². The lowest BCUT2D eigenvalue weighted by Gasteiger charge is -2.06. The van der Waals surface area contributed by atoms with Crippen LogP contribution >= 0.6 is 0 Å². The second-order valence-electron chi connectivity index (χ2n) is 6.13. The molecule has 0 spiro atoms. The van der Waals surface area contributed by atoms with Gasteiger partial charge < -0.3 is 24.0 Å². The Labute approximate surface area is 165 Å². The van der Waals surface area contributed by atoms with Crippen LogP contribution in [0.15, 0.2) is 80.5 Å². The van der Waals surface area contributed by atoms with Gasteiger partial charge in [-0.1, -0.05) is 35.5 Å². The van der Waals surface area contributed by atoms with Gasteiger partial charge in [0.1, 0.15) is 11.5 Å². The number of amides is 2. The maximum absolute atomic E-state index is 12.7. The molecule has 0 bridgehead atoms. The monoisotopic (exact) mass is 391 g/mol. The van der Waals surface area contributed by atoms with Gasteiger partial charge in [-0.3, -0.25) is 9.59 Å². The molecule has 8 heteroatoms. The van der Waals surface area contributed by atoms with Gasteiger partial charge in [0.2, 0.25) is 5.76 Å². The number of furan rings is 2. The maximum Gasteiger partial charge on any atom is 0.290 e. The van der Waals surface area contributed by atoms with Crippen molar-refractivity contribution >= 4 is 11.8 Å². The van der Waals surface area contributed by atoms with Gasteiger partial charge in [0, 0.05) is 0 Å². The van der Waals surface area contributed by atoms with Crippen LogP contribution in [0.25, 0.3) is 11.1 Å². The molecule has 3 heterocycles. The summed E-state index contributed by atoms with van der Waals surface area (Å²) < 4.78 is 15.7. The van der Waals surface area contributed by atoms with E-state index in [0.717, 1.165) is 0 Å². The highest BCUT2D eigenvalue weighted by Gasteiger charge is 2.27. The Morgan fingerprint density at radius 2 is 1.41 bits per heavy atom. The molecule has 0 atom stereocenters. The summed E-state index contributed by atoms with van der Waals surface area (Å²) in [5, 5.41) is 9.28. The summed E-state index contributed by atoms with van der Waals surface area (Å²) in [5.41, 5.74) is 0.977. The zero-order valence-electron chi connectivity index (χ0n) is 15.3. The van der Waals surface area contributed by atoms with Crippen LogP contribution in [0.5, 0.6) is 0 Å². The molecule has 8 nitrogen and oxygen atoms in total. The number of nitrogens with zero attached hydrogens (tertiary/aromatic N) is 1. The lowest BCUT2D eigenvalue weighted by molar-refractivity contribution is 0.0903. The molecular weight excluding hydrogens is 374 g/mol. The van der Waals surface area contributed by atoms with E-state index in [1.54, 1.807) is 48.5 Å². The van der Waals surface area contributed by atoms with Crippen molar-refractivity contribution < 1.29 is 22.9 Å². The van der Waals surface area contributed by atoms with E-state index >= 15 is 0 Å². The Hall–Kier alpha value is -4.07. The smallest absolute Gasteiger partial charge is 0.290 e. The minimum absolute atomic E-state index is 0.0194. The van der Waals surface area contributed by atoms with Crippen LogP contribution in [0, 0.1) is 0 Å². The van der Waals surface area contributed by atoms with Crippen molar-refractivity contribution in [3.63, 3.8) is 0 Å². The van der Waals surface area contributed by atoms with E-state index < -0.39 is 11.8 Å². The Morgan fingerprint density at radius 3 is 2.00 bits per heavy atom. The quantitative estimate of drug-likeness (QED) is 0.500. The minimum Gasteiger partial charge on any atom is -0.467 e. The second kappa shape index (κ2) is 8.30. The molecule has 0 unspecified atom stereocenters. The number of hydrogen-bond acceptors (Lipinski definition) is 6. The number of aromatic nitrogens is 1. The number of carbonyl (C=O) groups excluding carboxylic acids is 2. The summed E-state index contributed by atoms with van der Waals surface area (Å²) >= 11 is 0. The number of hydrogen-bond donors (Lipinski definition) is 2. The highest BCUT2D eigenvalue weighted by Crippen LogP contribution is 2.28. The number of carbonyl (C=O) groups is 2. The fraction of sp³-hybridized carbons (Fsp3) is 0.0952. The highest BCUT2D eigenvalue weighted by molar-refractivity contribution is 6.06. The summed E-state index contributed by atoms with van der Waals surface area (Å²) in [6, 6.07) is 15.9. The topological polar surface area (TPSA) is 111 Å². The van der Waals surface area contributed by atoms with Crippen molar-refractivity contribution in [2.24, 2.45) is 0 Å². The molecule has 2 amide bonds. The van der Waals surface area contributed by atoms with Gasteiger partial charge in [0.05, 0.1) is 31.2 Å². The van der Waals surface area contributed by atoms with Crippen molar-refractivity contribution in [3.05, 3.63) is 90.1 Å². The van der Waals surface area contributed by atoms with Crippen LogP contribution < -0.4 is 10.6 Å². The molecule has 0 aliphatic carbocycles. The fourth-order valence-electron chi connectivity index (χ4n) is 2.80. The largest absolute Gasteiger partial charge is 0.467 e. The van der Waals surface area contributed by atoms with Gasteiger partial charge >= 0.3 is 0 Å². The van der Waals surface area contributed by atoms with Crippen molar-refractivity contribution in [2.45, 2.75) is 13.1 Å². The molecule has 29 heavy (non-hydrogen) atoms. The lowest BCUT2D eigenvalue weighted by atomic mass is 10.0. The summed E-state index contributed by atoms with van der Waals surface area (Å²) in [6.45, 7) is 0.369. The first-order valence-corrected chi connectivity index (χ1v) is 8.88. The van der Waals surface area contributed by atoms with E-state index in [0.29, 0.717) is 22.6 Å². The second-order valence-corrected chi connectivity index (χ2v) is 6.13. The van der Waals surface area contributed by atoms with Gasteiger partial charge in [0.15, 0.2) is 5.69 Å². The highest BCUT2D eigenvalue weighted by atomic mass is 16.5. The molecule has 0 saturated carbocycles. The molecule has 4 aromatic rings. The van der Waals surface area contributed by atoms with Crippen LogP contribution in [0.2, 0.25) is 0 Å². The Balaban J connectivity index is 1.59. The number of rotatable bonds is 7. The standard InChI is InChI=1S/C21H17N3O5/c25-20(22-12-15-8-4-10-27-15)18-17(14-6-2-1-3-7-14)19(29-24-18)21(26)23-13-16-9-5-11-28-16/h1-11H,12-13H2,(H,22,25)(H,23,26). The molecule has 0 saturated heterocycles. The van der Waals surface area contributed by atoms with Crippen molar-refractivity contribution in [1.29, 1.82) is 0 Å². The first-order chi connectivity index (χ1) is 14.2. The van der Waals surface area contributed by atoms with E-state index in [1.165, 1.54) is 12.5 Å². The van der Waals surface area contributed by atoms with E-state index in [4.69, 9.17) is 13.4 Å². The lowest BCUT2D eigenvalue weighted by Crippen LogP contribution is -2.25. The van der Waals surface area contributed by atoms with Crippen molar-refractivity contribution in [3.8, 4) is 11.1 Å². The third-order valence-electron chi connectivity index (χ3n) is 4.18. The summed E-state index contributed by atoms with van der Waals surface area (Å²) in [6.07, 6.45) is 3.04. The third kappa shape index (κ3) is 4.11. The molecule has 2 N–H and O–H groups in total. The zero-order valence-corrected chi connectivity index (χ0v) is 15.3. The average molecular weight is 391 g/mol. The number of benzene rings is 1. The molecular formula is C21H17N3O5. The molecule has 1 aromatic carbocycles. The molecule has 3 aromatic heterocycles. The first kappa shape index (κ1) is 18.3. The van der Waals surface area contributed by atoms with E-state index in [-0.39, 0.29) is 24.5 Å². The minimum atomic E-state index is -0.502. The third-order valence-corrected chi connectivity index (χ3v) is 4.18. The predicted molar refractivity (Wildman–Crippen MR) is 102 cm³/mol. The molecule has 4 rings (SSSR count). The van der Waals surface area contributed by atoms with Gasteiger partial charge in [0.25, 0.3) is 11.8 Å². The Morgan fingerprint density at radius 1 is 0.793 bits per heavy atom. The Bertz CT molecular complexity index is 1020. The fourth-order valence-corrected chi connectivity index (χ4v) is 2.80. The van der Waals surface area contributed by atoms with Crippen LogP contribution in [0.4, 0.5) is 0 Å². The van der Waals surface area contributed by atoms with Gasteiger partial charge in [-0.05, 0) is 29.8 Å². The average Bonchev–Trinajstić information content (AvgIpc) is 3.52. The summed E-state index contributed by atoms with van der Waals surface area (Å²) in [5.74, 6) is 0.160. The molecule has 146 valence electrons. The van der Waals surface area contributed by atoms with Gasteiger partial charge in [-0.25, -0.2) is 0 Å². The number of nitrogens with one attached hydrogen (secondary N) is 2. The first-order valence-electron chi connectivity index (χ1n) is 8.88. The molecule has 0 aliphatic heterocycles. The maximum atomic E-state index is 12.7. The predicted octanol–water partition coefficient (Wildman–Crippen LogP) is 3.39. The van der Waals surface area contributed by atoms with E-state index in [2.05, 4.69) is 15.8 Å². The molecule has 0 fully saturated rings. The summed E-state index contributed by atoms with van der Waals surface area (Å²) in [4.78, 5) is 25.4. The van der Waals surface area contributed by atoms with E-state index in [9.17, 15) is 9.59 Å². The summed E-state index contributed by atoms with van der Waals surface area (Å²) in [7, 11) is 0. The van der Waals surface area contributed by atoms with Crippen LogP contribution in [-0.4, -0.2) is 17.0 Å². The molecule has 0 radical (unpaired) electrons. The Kier molecular flexibility index (Phi) is 5.24. The van der Waals surface area contributed by atoms with Crippen LogP contribution in [-0.2, 0) is 13.1 Å². The van der Waals surface area contributed by atoms with E-state index in [1.807, 2.05) is 6.07 Å². The van der Waals surface area contributed by atoms with Crippen molar-refractivity contribution in [2.75, 3.05) is 0 Å². The zero-order chi connectivity index (χ0) is 20.1. The van der Waals surface area contributed by atoms with Gasteiger partial charge in [-0.15, -0.1) is 0 Å². The normalized spacial score (nSPS) is 10.6. The van der Waals surface area contributed by atoms with Gasteiger partial charge in [-0.2, -0.15) is 0 Å². The van der Waals surface area contributed by atoms with Crippen molar-refractivity contribution in [1.82, 2.24) is 15.8 Å².